The number of thioether (sulfide) groups is 1. The van der Waals surface area contributed by atoms with Crippen LogP contribution in [0.4, 0.5) is 0 Å². The second-order valence-electron chi connectivity index (χ2n) is 6.79. The molecule has 0 bridgehead atoms. The van der Waals surface area contributed by atoms with E-state index in [1.54, 1.807) is 45.3 Å². The third-order valence-corrected chi connectivity index (χ3v) is 5.37. The normalized spacial score (nSPS) is 15.2. The smallest absolute Gasteiger partial charge is 0.339 e. The summed E-state index contributed by atoms with van der Waals surface area (Å²) in [4.78, 5) is 38.2. The summed E-state index contributed by atoms with van der Waals surface area (Å²) < 4.78 is 5.11. The lowest BCUT2D eigenvalue weighted by Gasteiger charge is -2.22. The Kier molecular flexibility index (Phi) is 6.86. The lowest BCUT2D eigenvalue weighted by molar-refractivity contribution is -0.126. The van der Waals surface area contributed by atoms with Gasteiger partial charge in [0, 0.05) is 19.0 Å². The molecule has 8 heteroatoms. The molecule has 0 saturated heterocycles. The molecule has 1 aromatic rings. The van der Waals surface area contributed by atoms with E-state index in [4.69, 9.17) is 4.74 Å². The van der Waals surface area contributed by atoms with Crippen LogP contribution in [0.2, 0.25) is 0 Å². The molecule has 0 aromatic heterocycles. The Bertz CT molecular complexity index is 770. The van der Waals surface area contributed by atoms with Gasteiger partial charge in [0.05, 0.1) is 17.4 Å². The predicted molar refractivity (Wildman–Crippen MR) is 101 cm³/mol. The number of hydrogen-bond acceptors (Lipinski definition) is 6. The summed E-state index contributed by atoms with van der Waals surface area (Å²) >= 11 is 1.24. The van der Waals surface area contributed by atoms with Crippen LogP contribution in [0, 0.1) is 17.2 Å². The van der Waals surface area contributed by atoms with Crippen LogP contribution in [0.25, 0.3) is 0 Å². The van der Waals surface area contributed by atoms with Gasteiger partial charge in [-0.05, 0) is 37.8 Å². The van der Waals surface area contributed by atoms with Crippen LogP contribution < -0.4 is 5.32 Å². The highest BCUT2D eigenvalue weighted by molar-refractivity contribution is 8.00. The zero-order chi connectivity index (χ0) is 20.0. The van der Waals surface area contributed by atoms with Gasteiger partial charge in [-0.25, -0.2) is 4.79 Å². The van der Waals surface area contributed by atoms with Gasteiger partial charge >= 0.3 is 5.97 Å². The van der Waals surface area contributed by atoms with E-state index in [9.17, 15) is 19.6 Å². The summed E-state index contributed by atoms with van der Waals surface area (Å²) in [6, 6.07) is 8.89. The molecule has 0 aliphatic heterocycles. The van der Waals surface area contributed by atoms with E-state index in [2.05, 4.69) is 11.4 Å². The Balaban J connectivity index is 1.93. The number of rotatable bonds is 8. The van der Waals surface area contributed by atoms with Crippen molar-refractivity contribution in [2.75, 3.05) is 26.5 Å². The topological polar surface area (TPSA) is 99.5 Å². The number of esters is 1. The number of nitriles is 1. The van der Waals surface area contributed by atoms with Crippen molar-refractivity contribution in [3.05, 3.63) is 29.8 Å². The van der Waals surface area contributed by atoms with Crippen LogP contribution in [0.15, 0.2) is 29.2 Å². The molecule has 144 valence electrons. The highest BCUT2D eigenvalue weighted by atomic mass is 32.2. The van der Waals surface area contributed by atoms with E-state index in [-0.39, 0.29) is 17.6 Å². The number of ether oxygens (including phenoxy) is 1. The first-order valence-electron chi connectivity index (χ1n) is 8.58. The van der Waals surface area contributed by atoms with Gasteiger partial charge in [-0.1, -0.05) is 12.1 Å². The predicted octanol–water partition coefficient (Wildman–Crippen LogP) is 1.83. The molecular formula is C19H23N3O4S. The average Bonchev–Trinajstić information content (AvgIpc) is 3.50. The molecule has 1 atom stereocenters. The van der Waals surface area contributed by atoms with Gasteiger partial charge in [-0.2, -0.15) is 5.26 Å². The second kappa shape index (κ2) is 8.91. The fourth-order valence-corrected chi connectivity index (χ4v) is 3.47. The standard InChI is InChI=1S/C19H23N3O4S/c1-19(12-20,13-8-9-13)21-16(23)10-26-18(25)14-6-4-5-7-15(14)27-11-17(24)22(2)3/h4-7,13H,8-11H2,1-3H3,(H,21,23)/t19-/m0/s1. The highest BCUT2D eigenvalue weighted by Gasteiger charge is 2.43. The van der Waals surface area contributed by atoms with Crippen LogP contribution in [0.5, 0.6) is 0 Å². The van der Waals surface area contributed by atoms with E-state index in [0.717, 1.165) is 12.8 Å². The Hall–Kier alpha value is -2.53. The van der Waals surface area contributed by atoms with E-state index < -0.39 is 24.0 Å². The second-order valence-corrected chi connectivity index (χ2v) is 7.80. The van der Waals surface area contributed by atoms with E-state index in [1.165, 1.54) is 16.7 Å². The molecule has 1 aliphatic carbocycles. The quantitative estimate of drug-likeness (QED) is 0.538. The van der Waals surface area contributed by atoms with Crippen molar-refractivity contribution in [2.45, 2.75) is 30.2 Å². The van der Waals surface area contributed by atoms with Gasteiger partial charge < -0.3 is 15.0 Å². The summed E-state index contributed by atoms with van der Waals surface area (Å²) in [7, 11) is 3.33. The number of nitrogens with zero attached hydrogens (tertiary/aromatic N) is 2. The van der Waals surface area contributed by atoms with Crippen LogP contribution in [0.3, 0.4) is 0 Å². The SMILES string of the molecule is CN(C)C(=O)CSc1ccccc1C(=O)OCC(=O)N[C@@](C)(C#N)C1CC1. The maximum absolute atomic E-state index is 12.4. The summed E-state index contributed by atoms with van der Waals surface area (Å²) in [5.41, 5.74) is -0.629. The number of carbonyl (C=O) groups is 3. The molecule has 0 radical (unpaired) electrons. The Morgan fingerprint density at radius 2 is 2.00 bits per heavy atom. The molecule has 0 heterocycles. The zero-order valence-corrected chi connectivity index (χ0v) is 16.5. The fraction of sp³-hybridized carbons (Fsp3) is 0.474. The first kappa shape index (κ1) is 20.8. The highest BCUT2D eigenvalue weighted by Crippen LogP contribution is 2.39. The number of hydrogen-bond donors (Lipinski definition) is 1. The van der Waals surface area contributed by atoms with Gasteiger partial charge in [0.1, 0.15) is 5.54 Å². The fourth-order valence-electron chi connectivity index (χ4n) is 2.45. The van der Waals surface area contributed by atoms with Crippen molar-refractivity contribution < 1.29 is 19.1 Å². The molecule has 1 N–H and O–H groups in total. The number of amides is 2. The molecule has 1 aliphatic rings. The van der Waals surface area contributed by atoms with E-state index in [1.807, 2.05) is 0 Å². The molecule has 0 spiro atoms. The molecule has 1 fully saturated rings. The molecule has 0 unspecified atom stereocenters. The van der Waals surface area contributed by atoms with Gasteiger partial charge in [-0.3, -0.25) is 9.59 Å². The largest absolute Gasteiger partial charge is 0.452 e. The molecule has 2 amide bonds. The van der Waals surface area contributed by atoms with Gasteiger partial charge in [0.2, 0.25) is 5.91 Å². The number of nitrogens with one attached hydrogen (secondary N) is 1. The molecule has 7 nitrogen and oxygen atoms in total. The minimum absolute atomic E-state index is 0.0709. The average molecular weight is 389 g/mol. The first-order valence-corrected chi connectivity index (χ1v) is 9.56. The monoisotopic (exact) mass is 389 g/mol. The lowest BCUT2D eigenvalue weighted by Crippen LogP contribution is -2.48. The summed E-state index contributed by atoms with van der Waals surface area (Å²) in [5.74, 6) is -0.880. The minimum Gasteiger partial charge on any atom is -0.452 e. The molecular weight excluding hydrogens is 366 g/mol. The Morgan fingerprint density at radius 3 is 2.59 bits per heavy atom. The van der Waals surface area contributed by atoms with Crippen molar-refractivity contribution in [1.82, 2.24) is 10.2 Å². The Morgan fingerprint density at radius 1 is 1.33 bits per heavy atom. The number of benzene rings is 1. The van der Waals surface area contributed by atoms with Gasteiger partial charge in [0.15, 0.2) is 6.61 Å². The van der Waals surface area contributed by atoms with Crippen LogP contribution in [-0.4, -0.2) is 54.7 Å². The maximum Gasteiger partial charge on any atom is 0.339 e. The minimum atomic E-state index is -0.927. The molecule has 2 rings (SSSR count). The first-order chi connectivity index (χ1) is 12.8. The van der Waals surface area contributed by atoms with Crippen LogP contribution in [-0.2, 0) is 14.3 Å². The zero-order valence-electron chi connectivity index (χ0n) is 15.7. The third kappa shape index (κ3) is 5.73. The number of carbonyl (C=O) groups excluding carboxylic acids is 3. The molecule has 27 heavy (non-hydrogen) atoms. The Labute approximate surface area is 163 Å². The molecule has 1 aromatic carbocycles. The van der Waals surface area contributed by atoms with Crippen molar-refractivity contribution in [3.8, 4) is 6.07 Å². The van der Waals surface area contributed by atoms with Gasteiger partial charge in [0.25, 0.3) is 5.91 Å². The molecule has 1 saturated carbocycles. The maximum atomic E-state index is 12.4. The van der Waals surface area contributed by atoms with Crippen molar-refractivity contribution >= 4 is 29.5 Å². The van der Waals surface area contributed by atoms with Crippen LogP contribution in [0.1, 0.15) is 30.1 Å². The third-order valence-electron chi connectivity index (χ3n) is 4.32. The van der Waals surface area contributed by atoms with Crippen molar-refractivity contribution in [3.63, 3.8) is 0 Å². The van der Waals surface area contributed by atoms with E-state index >= 15 is 0 Å². The van der Waals surface area contributed by atoms with Gasteiger partial charge in [-0.15, -0.1) is 11.8 Å². The lowest BCUT2D eigenvalue weighted by atomic mass is 9.98. The van der Waals surface area contributed by atoms with Crippen molar-refractivity contribution in [1.29, 1.82) is 5.26 Å². The van der Waals surface area contributed by atoms with E-state index in [0.29, 0.717) is 10.5 Å². The summed E-state index contributed by atoms with van der Waals surface area (Å²) in [5, 5.41) is 11.9. The van der Waals surface area contributed by atoms with Crippen molar-refractivity contribution in [2.24, 2.45) is 5.92 Å². The summed E-state index contributed by atoms with van der Waals surface area (Å²) in [6.45, 7) is 1.22. The van der Waals surface area contributed by atoms with Crippen LogP contribution >= 0.6 is 11.8 Å². The summed E-state index contributed by atoms with van der Waals surface area (Å²) in [6.07, 6.45) is 1.81.